The lowest BCUT2D eigenvalue weighted by Crippen LogP contribution is -2.01. The van der Waals surface area contributed by atoms with Crippen LogP contribution in [0.3, 0.4) is 0 Å². The van der Waals surface area contributed by atoms with Gasteiger partial charge in [-0.2, -0.15) is 5.26 Å². The Morgan fingerprint density at radius 1 is 0.950 bits per heavy atom. The first-order chi connectivity index (χ1) is 9.80. The number of benzene rings is 2. The van der Waals surface area contributed by atoms with E-state index in [-0.39, 0.29) is 0 Å². The van der Waals surface area contributed by atoms with Crippen LogP contribution in [0.4, 0.5) is 0 Å². The Morgan fingerprint density at radius 3 is 2.30 bits per heavy atom. The van der Waals surface area contributed by atoms with E-state index >= 15 is 0 Å². The van der Waals surface area contributed by atoms with Crippen LogP contribution in [0.15, 0.2) is 42.5 Å². The van der Waals surface area contributed by atoms with Crippen LogP contribution in [-0.2, 0) is 6.61 Å². The molecule has 0 saturated carbocycles. The molecular formula is C16H15NO3. The van der Waals surface area contributed by atoms with Crippen molar-refractivity contribution in [3.05, 3.63) is 53.6 Å². The van der Waals surface area contributed by atoms with Gasteiger partial charge in [-0.1, -0.05) is 30.3 Å². The summed E-state index contributed by atoms with van der Waals surface area (Å²) >= 11 is 0. The third kappa shape index (κ3) is 2.83. The minimum atomic E-state index is 0.360. The number of hydrogen-bond acceptors (Lipinski definition) is 4. The van der Waals surface area contributed by atoms with Gasteiger partial charge in [-0.15, -0.1) is 0 Å². The highest BCUT2D eigenvalue weighted by atomic mass is 16.5. The van der Waals surface area contributed by atoms with Crippen LogP contribution >= 0.6 is 0 Å². The monoisotopic (exact) mass is 269 g/mol. The first-order valence-corrected chi connectivity index (χ1v) is 6.12. The van der Waals surface area contributed by atoms with Crippen LogP contribution in [0, 0.1) is 11.3 Å². The predicted molar refractivity (Wildman–Crippen MR) is 75.0 cm³/mol. The molecule has 0 heterocycles. The Morgan fingerprint density at radius 2 is 1.70 bits per heavy atom. The third-order valence-corrected chi connectivity index (χ3v) is 2.85. The normalized spacial score (nSPS) is 9.65. The second-order valence-electron chi connectivity index (χ2n) is 4.06. The smallest absolute Gasteiger partial charge is 0.204 e. The molecule has 0 atom stereocenters. The van der Waals surface area contributed by atoms with E-state index in [4.69, 9.17) is 14.2 Å². The van der Waals surface area contributed by atoms with E-state index in [9.17, 15) is 5.26 Å². The molecule has 0 aliphatic heterocycles. The summed E-state index contributed by atoms with van der Waals surface area (Å²) in [7, 11) is 3.07. The molecular weight excluding hydrogens is 254 g/mol. The van der Waals surface area contributed by atoms with Gasteiger partial charge in [-0.3, -0.25) is 0 Å². The number of ether oxygens (including phenoxy) is 3. The fourth-order valence-electron chi connectivity index (χ4n) is 1.86. The third-order valence-electron chi connectivity index (χ3n) is 2.85. The molecule has 0 spiro atoms. The van der Waals surface area contributed by atoms with Gasteiger partial charge in [0, 0.05) is 0 Å². The summed E-state index contributed by atoms with van der Waals surface area (Å²) in [6.07, 6.45) is 0. The predicted octanol–water partition coefficient (Wildman–Crippen LogP) is 3.15. The molecule has 20 heavy (non-hydrogen) atoms. The lowest BCUT2D eigenvalue weighted by Gasteiger charge is -2.15. The second kappa shape index (κ2) is 6.48. The second-order valence-corrected chi connectivity index (χ2v) is 4.06. The molecule has 0 N–H and O–H groups in total. The van der Waals surface area contributed by atoms with E-state index in [1.807, 2.05) is 30.3 Å². The number of rotatable bonds is 5. The van der Waals surface area contributed by atoms with E-state index in [0.717, 1.165) is 5.56 Å². The standard InChI is InChI=1S/C16H15NO3/c1-18-14-9-8-13(10-17)15(16(14)19-2)20-11-12-6-4-3-5-7-12/h3-9H,11H2,1-2H3. The number of nitrogens with zero attached hydrogens (tertiary/aromatic N) is 1. The fraction of sp³-hybridized carbons (Fsp3) is 0.188. The molecule has 4 nitrogen and oxygen atoms in total. The zero-order valence-corrected chi connectivity index (χ0v) is 11.4. The van der Waals surface area contributed by atoms with Gasteiger partial charge in [-0.05, 0) is 17.7 Å². The first kappa shape index (κ1) is 13.8. The van der Waals surface area contributed by atoms with Gasteiger partial charge in [0.1, 0.15) is 12.7 Å². The van der Waals surface area contributed by atoms with Gasteiger partial charge in [0.2, 0.25) is 5.75 Å². The van der Waals surface area contributed by atoms with Gasteiger partial charge in [0.25, 0.3) is 0 Å². The summed E-state index contributed by atoms with van der Waals surface area (Å²) in [6.45, 7) is 0.360. The maximum Gasteiger partial charge on any atom is 0.204 e. The lowest BCUT2D eigenvalue weighted by molar-refractivity contribution is 0.274. The molecule has 2 aromatic rings. The highest BCUT2D eigenvalue weighted by molar-refractivity contribution is 5.59. The summed E-state index contributed by atoms with van der Waals surface area (Å²) in [5.74, 6) is 1.37. The van der Waals surface area contributed by atoms with Crippen molar-refractivity contribution >= 4 is 0 Å². The molecule has 0 saturated heterocycles. The molecule has 102 valence electrons. The Labute approximate surface area is 118 Å². The topological polar surface area (TPSA) is 51.5 Å². The van der Waals surface area contributed by atoms with Crippen LogP contribution in [-0.4, -0.2) is 14.2 Å². The van der Waals surface area contributed by atoms with E-state index in [1.54, 1.807) is 19.2 Å². The average molecular weight is 269 g/mol. The summed E-state index contributed by atoms with van der Waals surface area (Å²) in [6, 6.07) is 15.2. The van der Waals surface area contributed by atoms with Crippen molar-refractivity contribution in [2.45, 2.75) is 6.61 Å². The zero-order valence-electron chi connectivity index (χ0n) is 11.4. The molecule has 2 rings (SSSR count). The Bertz CT molecular complexity index is 618. The summed E-state index contributed by atoms with van der Waals surface area (Å²) < 4.78 is 16.3. The Hall–Kier alpha value is -2.67. The minimum Gasteiger partial charge on any atom is -0.493 e. The van der Waals surface area contributed by atoms with Gasteiger partial charge < -0.3 is 14.2 Å². The van der Waals surface area contributed by atoms with Crippen molar-refractivity contribution in [3.8, 4) is 23.3 Å². The highest BCUT2D eigenvalue weighted by Gasteiger charge is 2.16. The first-order valence-electron chi connectivity index (χ1n) is 6.12. The maximum absolute atomic E-state index is 9.17. The molecule has 0 aliphatic rings. The molecule has 0 fully saturated rings. The molecule has 0 unspecified atom stereocenters. The molecule has 0 radical (unpaired) electrons. The van der Waals surface area contributed by atoms with Gasteiger partial charge in [-0.25, -0.2) is 0 Å². The molecule has 4 heteroatoms. The van der Waals surface area contributed by atoms with Gasteiger partial charge in [0.05, 0.1) is 19.8 Å². The Kier molecular flexibility index (Phi) is 4.46. The SMILES string of the molecule is COc1ccc(C#N)c(OCc2ccccc2)c1OC. The summed E-state index contributed by atoms with van der Waals surface area (Å²) in [5, 5.41) is 9.17. The van der Waals surface area contributed by atoms with Crippen LogP contribution < -0.4 is 14.2 Å². The lowest BCUT2D eigenvalue weighted by atomic mass is 10.2. The van der Waals surface area contributed by atoms with Crippen molar-refractivity contribution in [2.24, 2.45) is 0 Å². The van der Waals surface area contributed by atoms with Gasteiger partial charge >= 0.3 is 0 Å². The summed E-state index contributed by atoms with van der Waals surface area (Å²) in [4.78, 5) is 0. The highest BCUT2D eigenvalue weighted by Crippen LogP contribution is 2.39. The molecule has 0 amide bonds. The molecule has 0 aliphatic carbocycles. The van der Waals surface area contributed by atoms with E-state index in [2.05, 4.69) is 6.07 Å². The van der Waals surface area contributed by atoms with Crippen molar-refractivity contribution < 1.29 is 14.2 Å². The molecule has 0 aromatic heterocycles. The number of hydrogen-bond donors (Lipinski definition) is 0. The van der Waals surface area contributed by atoms with Crippen molar-refractivity contribution in [3.63, 3.8) is 0 Å². The van der Waals surface area contributed by atoms with Crippen molar-refractivity contribution in [1.82, 2.24) is 0 Å². The molecule has 0 bridgehead atoms. The fourth-order valence-corrected chi connectivity index (χ4v) is 1.86. The van der Waals surface area contributed by atoms with Crippen LogP contribution in [0.2, 0.25) is 0 Å². The zero-order chi connectivity index (χ0) is 14.4. The van der Waals surface area contributed by atoms with Crippen molar-refractivity contribution in [2.75, 3.05) is 14.2 Å². The Balaban J connectivity index is 2.32. The van der Waals surface area contributed by atoms with Crippen molar-refractivity contribution in [1.29, 1.82) is 5.26 Å². The van der Waals surface area contributed by atoms with Gasteiger partial charge in [0.15, 0.2) is 11.5 Å². The minimum absolute atomic E-state index is 0.360. The maximum atomic E-state index is 9.17. The van der Waals surface area contributed by atoms with Crippen LogP contribution in [0.5, 0.6) is 17.2 Å². The quantitative estimate of drug-likeness (QED) is 0.836. The van der Waals surface area contributed by atoms with E-state index in [0.29, 0.717) is 29.4 Å². The van der Waals surface area contributed by atoms with Crippen LogP contribution in [0.1, 0.15) is 11.1 Å². The van der Waals surface area contributed by atoms with E-state index < -0.39 is 0 Å². The number of methoxy groups -OCH3 is 2. The van der Waals surface area contributed by atoms with Crippen LogP contribution in [0.25, 0.3) is 0 Å². The van der Waals surface area contributed by atoms with E-state index in [1.165, 1.54) is 7.11 Å². The average Bonchev–Trinajstić information content (AvgIpc) is 2.52. The molecule has 2 aromatic carbocycles. The largest absolute Gasteiger partial charge is 0.493 e. The summed E-state index contributed by atoms with van der Waals surface area (Å²) in [5.41, 5.74) is 1.43. The number of nitriles is 1.